The molecule has 0 saturated carbocycles. The second-order valence-electron chi connectivity index (χ2n) is 11.5. The zero-order valence-corrected chi connectivity index (χ0v) is 31.6. The molecule has 2 N–H and O–H groups in total. The summed E-state index contributed by atoms with van der Waals surface area (Å²) in [6.07, 6.45) is 0. The molecular formula is C35H47N6O9S2+. The number of hydrogen-bond acceptors (Lipinski definition) is 10. The number of sulfonamides is 1. The fourth-order valence-electron chi connectivity index (χ4n) is 5.84. The number of rotatable bonds is 21. The van der Waals surface area contributed by atoms with Gasteiger partial charge in [0.05, 0.1) is 50.6 Å². The van der Waals surface area contributed by atoms with Crippen LogP contribution in [-0.2, 0) is 34.4 Å². The number of ether oxygens (including phenoxy) is 3. The molecule has 282 valence electrons. The van der Waals surface area contributed by atoms with Crippen molar-refractivity contribution in [3.05, 3.63) is 70.4 Å². The molecule has 0 fully saturated rings. The summed E-state index contributed by atoms with van der Waals surface area (Å²) in [5.74, 6) is 0.504. The van der Waals surface area contributed by atoms with Crippen molar-refractivity contribution in [2.45, 2.75) is 37.5 Å². The molecule has 4 rings (SSSR count). The van der Waals surface area contributed by atoms with E-state index >= 15 is 0 Å². The van der Waals surface area contributed by atoms with Gasteiger partial charge in [-0.3, -0.25) is 4.55 Å². The molecule has 2 aromatic rings. The Labute approximate surface area is 304 Å². The Bertz CT molecular complexity index is 2120. The highest BCUT2D eigenvalue weighted by Gasteiger charge is 2.27. The molecule has 0 amide bonds. The Kier molecular flexibility index (Phi) is 15.0. The first-order chi connectivity index (χ1) is 25.0. The van der Waals surface area contributed by atoms with Crippen molar-refractivity contribution in [3.8, 4) is 22.5 Å². The van der Waals surface area contributed by atoms with E-state index in [0.29, 0.717) is 47.7 Å². The standard InChI is InChI=1S/C35H46N6O9S2/c1-5-40(6-2)26-9-12-29-32(23-26)50-33-24-27(41(7-3)8-4)10-13-30(33)35(29)31-14-11-28(25-34(31)52(44,45)46)51(42,43)38-16-18-48-20-22-49-21-19-47-17-15-37-39-36/h9-14,23-25,38H,5-8,15-22H2,1-4H3/p+1. The van der Waals surface area contributed by atoms with Crippen LogP contribution in [0.15, 0.2) is 73.9 Å². The molecular weight excluding hydrogens is 713 g/mol. The smallest absolute Gasteiger partial charge is 0.295 e. The number of azide groups is 1. The third kappa shape index (κ3) is 10.3. The van der Waals surface area contributed by atoms with Gasteiger partial charge in [0.1, 0.15) is 29.3 Å². The number of nitrogens with one attached hydrogen (secondary N) is 1. The minimum absolute atomic E-state index is 0.0327. The summed E-state index contributed by atoms with van der Waals surface area (Å²) in [6, 6.07) is 15.1. The Morgan fingerprint density at radius 3 is 2.13 bits per heavy atom. The van der Waals surface area contributed by atoms with Crippen LogP contribution in [0.1, 0.15) is 27.7 Å². The number of benzene rings is 3. The zero-order valence-electron chi connectivity index (χ0n) is 29.9. The van der Waals surface area contributed by atoms with E-state index < -0.39 is 25.0 Å². The molecule has 15 nitrogen and oxygen atoms in total. The first kappa shape index (κ1) is 40.7. The van der Waals surface area contributed by atoms with Gasteiger partial charge >= 0.3 is 0 Å². The summed E-state index contributed by atoms with van der Waals surface area (Å²) in [6.45, 7) is 12.9. The molecule has 0 spiro atoms. The number of fused-ring (bicyclic) bond motifs is 2. The van der Waals surface area contributed by atoms with Gasteiger partial charge in [-0.25, -0.2) is 17.7 Å². The van der Waals surface area contributed by atoms with Crippen molar-refractivity contribution < 1.29 is 40.0 Å². The predicted octanol–water partition coefficient (Wildman–Crippen LogP) is 4.75. The van der Waals surface area contributed by atoms with Crippen molar-refractivity contribution in [3.63, 3.8) is 0 Å². The molecule has 0 bridgehead atoms. The van der Waals surface area contributed by atoms with Crippen LogP contribution in [0.5, 0.6) is 0 Å². The fraction of sp³-hybridized carbons (Fsp3) is 0.457. The van der Waals surface area contributed by atoms with Gasteiger partial charge in [-0.15, -0.1) is 0 Å². The predicted molar refractivity (Wildman–Crippen MR) is 200 cm³/mol. The zero-order chi connectivity index (χ0) is 37.7. The van der Waals surface area contributed by atoms with Crippen molar-refractivity contribution in [1.82, 2.24) is 9.30 Å². The molecule has 0 radical (unpaired) electrons. The molecule has 2 aliphatic rings. The summed E-state index contributed by atoms with van der Waals surface area (Å²) < 4.78 is 90.0. The summed E-state index contributed by atoms with van der Waals surface area (Å²) in [5.41, 5.74) is 10.9. The molecule has 0 aromatic heterocycles. The van der Waals surface area contributed by atoms with E-state index in [1.54, 1.807) is 0 Å². The Morgan fingerprint density at radius 2 is 1.50 bits per heavy atom. The average molecular weight is 760 g/mol. The molecule has 52 heavy (non-hydrogen) atoms. The van der Waals surface area contributed by atoms with Crippen molar-refractivity contribution in [2.24, 2.45) is 5.11 Å². The van der Waals surface area contributed by atoms with Crippen LogP contribution >= 0.6 is 0 Å². The van der Waals surface area contributed by atoms with Gasteiger partial charge < -0.3 is 23.5 Å². The molecule has 0 saturated heterocycles. The van der Waals surface area contributed by atoms with Crippen LogP contribution in [0.3, 0.4) is 0 Å². The van der Waals surface area contributed by atoms with E-state index in [0.717, 1.165) is 43.3 Å². The number of anilines is 1. The average Bonchev–Trinajstić information content (AvgIpc) is 3.13. The first-order valence-corrected chi connectivity index (χ1v) is 20.1. The lowest BCUT2D eigenvalue weighted by Gasteiger charge is -2.22. The van der Waals surface area contributed by atoms with Crippen molar-refractivity contribution >= 4 is 36.8 Å². The Morgan fingerprint density at radius 1 is 0.846 bits per heavy atom. The highest BCUT2D eigenvalue weighted by atomic mass is 32.2. The fourth-order valence-corrected chi connectivity index (χ4v) is 7.68. The minimum atomic E-state index is -4.91. The molecule has 1 heterocycles. The van der Waals surface area contributed by atoms with Crippen LogP contribution in [0.4, 0.5) is 5.69 Å². The summed E-state index contributed by atoms with van der Waals surface area (Å²) in [4.78, 5) is 3.90. The van der Waals surface area contributed by atoms with E-state index in [2.05, 4.69) is 51.9 Å². The van der Waals surface area contributed by atoms with Crippen molar-refractivity contribution in [1.29, 1.82) is 0 Å². The van der Waals surface area contributed by atoms with Gasteiger partial charge in [-0.05, 0) is 63.6 Å². The maximum absolute atomic E-state index is 13.3. The van der Waals surface area contributed by atoms with Crippen molar-refractivity contribution in [2.75, 3.05) is 83.8 Å². The van der Waals surface area contributed by atoms with E-state index in [4.69, 9.17) is 24.2 Å². The lowest BCUT2D eigenvalue weighted by Crippen LogP contribution is -2.29. The maximum Gasteiger partial charge on any atom is 0.295 e. The van der Waals surface area contributed by atoms with E-state index in [1.165, 1.54) is 12.1 Å². The lowest BCUT2D eigenvalue weighted by molar-refractivity contribution is 0.0171. The summed E-state index contributed by atoms with van der Waals surface area (Å²) in [7, 11) is -9.11. The highest BCUT2D eigenvalue weighted by Crippen LogP contribution is 2.43. The minimum Gasteiger partial charge on any atom is -0.456 e. The topological polar surface area (TPSA) is 196 Å². The molecule has 0 unspecified atom stereocenters. The molecule has 2 aromatic carbocycles. The maximum atomic E-state index is 13.3. The molecule has 1 aliphatic heterocycles. The Balaban J connectivity index is 1.63. The summed E-state index contributed by atoms with van der Waals surface area (Å²) >= 11 is 0. The van der Waals surface area contributed by atoms with Gasteiger partial charge in [0.25, 0.3) is 10.1 Å². The van der Waals surface area contributed by atoms with Gasteiger partial charge in [-0.1, -0.05) is 11.2 Å². The number of hydrogen-bond donors (Lipinski definition) is 2. The van der Waals surface area contributed by atoms with Crippen LogP contribution < -0.4 is 19.6 Å². The largest absolute Gasteiger partial charge is 0.456 e. The van der Waals surface area contributed by atoms with Crippen LogP contribution in [-0.4, -0.2) is 100 Å². The van der Waals surface area contributed by atoms with Gasteiger partial charge in [0, 0.05) is 71.0 Å². The quantitative estimate of drug-likeness (QED) is 0.0228. The van der Waals surface area contributed by atoms with Crippen LogP contribution in [0, 0.1) is 0 Å². The van der Waals surface area contributed by atoms with Crippen LogP contribution in [0.2, 0.25) is 0 Å². The molecule has 0 atom stereocenters. The SMILES string of the molecule is CCN(CC)c1ccc2c(-c3ccc(S(=O)(=O)NCCOCCOCCOCCN=[N+]=[N-])cc3S(=O)(=O)O)c3ccc(=[N+](CC)CC)cc-3oc2c1. The highest BCUT2D eigenvalue weighted by molar-refractivity contribution is 7.89. The first-order valence-electron chi connectivity index (χ1n) is 17.2. The second-order valence-corrected chi connectivity index (χ2v) is 14.7. The monoisotopic (exact) mass is 759 g/mol. The van der Waals surface area contributed by atoms with Gasteiger partial charge in [-0.2, -0.15) is 8.42 Å². The lowest BCUT2D eigenvalue weighted by atomic mass is 9.93. The van der Waals surface area contributed by atoms with Crippen LogP contribution in [0.25, 0.3) is 43.9 Å². The Hall–Kier alpha value is -4.06. The molecule has 1 aliphatic carbocycles. The third-order valence-electron chi connectivity index (χ3n) is 8.44. The third-order valence-corrected chi connectivity index (χ3v) is 10.8. The number of nitrogens with zero attached hydrogens (tertiary/aromatic N) is 5. The summed E-state index contributed by atoms with van der Waals surface area (Å²) in [5, 5.41) is 4.88. The van der Waals surface area contributed by atoms with E-state index in [-0.39, 0.29) is 43.4 Å². The van der Waals surface area contributed by atoms with E-state index in [9.17, 15) is 21.4 Å². The molecule has 17 heteroatoms. The van der Waals surface area contributed by atoms with Gasteiger partial charge in [0.15, 0.2) is 0 Å². The van der Waals surface area contributed by atoms with E-state index in [1.807, 2.05) is 36.4 Å². The van der Waals surface area contributed by atoms with Gasteiger partial charge in [0.2, 0.25) is 15.4 Å². The normalized spacial score (nSPS) is 11.9. The second kappa shape index (κ2) is 19.1.